The number of aryl methyl sites for hydroxylation is 2. The van der Waals surface area contributed by atoms with E-state index in [1.54, 1.807) is 0 Å². The van der Waals surface area contributed by atoms with Gasteiger partial charge in [0.2, 0.25) is 0 Å². The summed E-state index contributed by atoms with van der Waals surface area (Å²) in [5, 5.41) is 8.67. The molecule has 0 aromatic heterocycles. The normalized spacial score (nSPS) is 16.9. The number of hydrogen-bond acceptors (Lipinski definition) is 3. The average molecular weight is 229 g/mol. The first-order valence-electron chi connectivity index (χ1n) is 6.12. The summed E-state index contributed by atoms with van der Waals surface area (Å²) < 4.78 is 0. The largest absolute Gasteiger partial charge is 0.369 e. The van der Waals surface area contributed by atoms with Crippen molar-refractivity contribution < 1.29 is 0 Å². The zero-order valence-electron chi connectivity index (χ0n) is 10.6. The molecule has 0 amide bonds. The summed E-state index contributed by atoms with van der Waals surface area (Å²) in [5.41, 5.74) is 4.00. The highest BCUT2D eigenvalue weighted by atomic mass is 15.3. The van der Waals surface area contributed by atoms with Gasteiger partial charge < -0.3 is 4.90 Å². The second kappa shape index (κ2) is 5.20. The van der Waals surface area contributed by atoms with Gasteiger partial charge in [-0.1, -0.05) is 17.7 Å². The number of rotatable bonds is 2. The first kappa shape index (κ1) is 11.9. The molecule has 1 aliphatic rings. The highest BCUT2D eigenvalue weighted by molar-refractivity contribution is 5.54. The molecular weight excluding hydrogens is 210 g/mol. The van der Waals surface area contributed by atoms with Gasteiger partial charge in [0.25, 0.3) is 0 Å². The molecule has 1 saturated heterocycles. The van der Waals surface area contributed by atoms with E-state index in [9.17, 15) is 0 Å². The van der Waals surface area contributed by atoms with E-state index in [4.69, 9.17) is 5.26 Å². The molecule has 3 heteroatoms. The maximum absolute atomic E-state index is 8.67. The van der Waals surface area contributed by atoms with Crippen molar-refractivity contribution in [1.82, 2.24) is 4.90 Å². The molecule has 1 aromatic rings. The molecule has 1 aliphatic heterocycles. The molecule has 0 aliphatic carbocycles. The van der Waals surface area contributed by atoms with Gasteiger partial charge in [0, 0.05) is 31.9 Å². The molecule has 1 heterocycles. The van der Waals surface area contributed by atoms with E-state index in [2.05, 4.69) is 47.9 Å². The lowest BCUT2D eigenvalue weighted by molar-refractivity contribution is 0.287. The van der Waals surface area contributed by atoms with Crippen molar-refractivity contribution >= 4 is 5.69 Å². The summed E-state index contributed by atoms with van der Waals surface area (Å²) in [6.07, 6.45) is 0. The zero-order chi connectivity index (χ0) is 12.3. The van der Waals surface area contributed by atoms with E-state index >= 15 is 0 Å². The summed E-state index contributed by atoms with van der Waals surface area (Å²) in [7, 11) is 0. The number of nitrogens with zero attached hydrogens (tertiary/aromatic N) is 3. The maximum atomic E-state index is 8.67. The number of anilines is 1. The van der Waals surface area contributed by atoms with Crippen LogP contribution in [0.4, 0.5) is 5.69 Å². The van der Waals surface area contributed by atoms with Crippen LogP contribution in [-0.4, -0.2) is 37.6 Å². The fraction of sp³-hybridized carbons (Fsp3) is 0.500. The lowest BCUT2D eigenvalue weighted by atomic mass is 10.1. The molecule has 0 atom stereocenters. The van der Waals surface area contributed by atoms with Crippen LogP contribution < -0.4 is 4.90 Å². The Hall–Kier alpha value is -1.53. The van der Waals surface area contributed by atoms with Crippen LogP contribution in [0.15, 0.2) is 18.2 Å². The zero-order valence-corrected chi connectivity index (χ0v) is 10.6. The van der Waals surface area contributed by atoms with Crippen LogP contribution in [0.25, 0.3) is 0 Å². The van der Waals surface area contributed by atoms with Crippen molar-refractivity contribution in [3.8, 4) is 6.07 Å². The fourth-order valence-electron chi connectivity index (χ4n) is 2.41. The first-order valence-corrected chi connectivity index (χ1v) is 6.12. The van der Waals surface area contributed by atoms with E-state index in [1.807, 2.05) is 0 Å². The lowest BCUT2D eigenvalue weighted by Crippen LogP contribution is -2.46. The van der Waals surface area contributed by atoms with Crippen molar-refractivity contribution in [2.45, 2.75) is 13.8 Å². The Morgan fingerprint density at radius 2 is 1.88 bits per heavy atom. The van der Waals surface area contributed by atoms with Gasteiger partial charge in [-0.3, -0.25) is 4.90 Å². The Kier molecular flexibility index (Phi) is 3.65. The minimum absolute atomic E-state index is 0.556. The summed E-state index contributed by atoms with van der Waals surface area (Å²) in [6.45, 7) is 8.87. The van der Waals surface area contributed by atoms with Crippen molar-refractivity contribution in [1.29, 1.82) is 5.26 Å². The fourth-order valence-corrected chi connectivity index (χ4v) is 2.41. The molecule has 3 nitrogen and oxygen atoms in total. The van der Waals surface area contributed by atoms with Crippen molar-refractivity contribution in [3.63, 3.8) is 0 Å². The number of nitriles is 1. The molecule has 0 bridgehead atoms. The average Bonchev–Trinajstić information content (AvgIpc) is 2.31. The van der Waals surface area contributed by atoms with E-state index in [1.165, 1.54) is 16.8 Å². The first-order chi connectivity index (χ1) is 8.20. The van der Waals surface area contributed by atoms with Gasteiger partial charge in [-0.2, -0.15) is 5.26 Å². The van der Waals surface area contributed by atoms with E-state index in [-0.39, 0.29) is 0 Å². The standard InChI is InChI=1S/C14H19N3/c1-12-3-4-14(13(2)11-12)17-9-7-16(6-5-15)8-10-17/h3-4,11H,6-10H2,1-2H3. The Bertz CT molecular complexity index is 426. The molecule has 1 fully saturated rings. The number of benzene rings is 1. The monoisotopic (exact) mass is 229 g/mol. The summed E-state index contributed by atoms with van der Waals surface area (Å²) >= 11 is 0. The van der Waals surface area contributed by atoms with Gasteiger partial charge >= 0.3 is 0 Å². The van der Waals surface area contributed by atoms with Crippen LogP contribution in [0, 0.1) is 25.2 Å². The highest BCUT2D eigenvalue weighted by Gasteiger charge is 2.17. The summed E-state index contributed by atoms with van der Waals surface area (Å²) in [6, 6.07) is 8.83. The molecule has 0 spiro atoms. The molecular formula is C14H19N3. The Morgan fingerprint density at radius 3 is 2.47 bits per heavy atom. The van der Waals surface area contributed by atoms with Crippen LogP contribution in [0.2, 0.25) is 0 Å². The number of piperazine rings is 1. The molecule has 1 aromatic carbocycles. The summed E-state index contributed by atoms with van der Waals surface area (Å²) in [5.74, 6) is 0. The Morgan fingerprint density at radius 1 is 1.18 bits per heavy atom. The van der Waals surface area contributed by atoms with Gasteiger partial charge in [-0.25, -0.2) is 0 Å². The SMILES string of the molecule is Cc1ccc(N2CCN(CC#N)CC2)c(C)c1. The molecule has 90 valence electrons. The van der Waals surface area contributed by atoms with Crippen LogP contribution in [-0.2, 0) is 0 Å². The quantitative estimate of drug-likeness (QED) is 0.726. The molecule has 0 saturated carbocycles. The van der Waals surface area contributed by atoms with Crippen LogP contribution >= 0.6 is 0 Å². The minimum Gasteiger partial charge on any atom is -0.369 e. The van der Waals surface area contributed by atoms with E-state index < -0.39 is 0 Å². The Balaban J connectivity index is 2.03. The predicted octanol–water partition coefficient (Wildman–Crippen LogP) is 1.95. The number of hydrogen-bond donors (Lipinski definition) is 0. The summed E-state index contributed by atoms with van der Waals surface area (Å²) in [4.78, 5) is 4.63. The molecule has 2 rings (SSSR count). The molecule has 0 radical (unpaired) electrons. The van der Waals surface area contributed by atoms with E-state index in [0.717, 1.165) is 26.2 Å². The highest BCUT2D eigenvalue weighted by Crippen LogP contribution is 2.22. The molecule has 17 heavy (non-hydrogen) atoms. The topological polar surface area (TPSA) is 30.3 Å². The maximum Gasteiger partial charge on any atom is 0.0867 e. The van der Waals surface area contributed by atoms with E-state index in [0.29, 0.717) is 6.54 Å². The second-order valence-electron chi connectivity index (χ2n) is 4.71. The van der Waals surface area contributed by atoms with Crippen LogP contribution in [0.3, 0.4) is 0 Å². The second-order valence-corrected chi connectivity index (χ2v) is 4.71. The smallest absolute Gasteiger partial charge is 0.0867 e. The third kappa shape index (κ3) is 2.78. The van der Waals surface area contributed by atoms with Gasteiger partial charge in [-0.05, 0) is 25.5 Å². The van der Waals surface area contributed by atoms with Crippen molar-refractivity contribution in [3.05, 3.63) is 29.3 Å². The third-order valence-electron chi connectivity index (χ3n) is 3.36. The minimum atomic E-state index is 0.556. The van der Waals surface area contributed by atoms with Gasteiger partial charge in [-0.15, -0.1) is 0 Å². The Labute approximate surface area is 103 Å². The third-order valence-corrected chi connectivity index (χ3v) is 3.36. The van der Waals surface area contributed by atoms with Crippen molar-refractivity contribution in [2.24, 2.45) is 0 Å². The molecule has 0 N–H and O–H groups in total. The van der Waals surface area contributed by atoms with Crippen LogP contribution in [0.5, 0.6) is 0 Å². The van der Waals surface area contributed by atoms with Crippen molar-refractivity contribution in [2.75, 3.05) is 37.6 Å². The predicted molar refractivity (Wildman–Crippen MR) is 70.2 cm³/mol. The van der Waals surface area contributed by atoms with Gasteiger partial charge in [0.05, 0.1) is 12.6 Å². The van der Waals surface area contributed by atoms with Gasteiger partial charge in [0.1, 0.15) is 0 Å². The molecule has 0 unspecified atom stereocenters. The van der Waals surface area contributed by atoms with Gasteiger partial charge in [0.15, 0.2) is 0 Å². The van der Waals surface area contributed by atoms with Crippen LogP contribution in [0.1, 0.15) is 11.1 Å². The lowest BCUT2D eigenvalue weighted by Gasteiger charge is -2.35.